The zero-order valence-electron chi connectivity index (χ0n) is 18.0. The molecule has 3 unspecified atom stereocenters. The lowest BCUT2D eigenvalue weighted by atomic mass is 9.95. The van der Waals surface area contributed by atoms with Crippen molar-refractivity contribution in [3.8, 4) is 0 Å². The van der Waals surface area contributed by atoms with E-state index < -0.39 is 12.2 Å². The van der Waals surface area contributed by atoms with Crippen LogP contribution in [-0.4, -0.2) is 78.2 Å². The van der Waals surface area contributed by atoms with Gasteiger partial charge in [0, 0.05) is 32.7 Å². The third-order valence-electron chi connectivity index (χ3n) is 5.68. The summed E-state index contributed by atoms with van der Waals surface area (Å²) in [6, 6.07) is 19.9. The first kappa shape index (κ1) is 24.8. The Balaban J connectivity index is 0.00000320. The average molecular weight is 435 g/mol. The molecule has 1 heterocycles. The molecule has 166 valence electrons. The predicted octanol–water partition coefficient (Wildman–Crippen LogP) is 2.88. The Kier molecular flexibility index (Phi) is 10.2. The Labute approximate surface area is 186 Å². The van der Waals surface area contributed by atoms with Crippen LogP contribution in [0.5, 0.6) is 0 Å². The summed E-state index contributed by atoms with van der Waals surface area (Å²) in [7, 11) is 0. The Morgan fingerprint density at radius 2 is 1.50 bits per heavy atom. The zero-order valence-corrected chi connectivity index (χ0v) is 18.8. The van der Waals surface area contributed by atoms with Gasteiger partial charge >= 0.3 is 0 Å². The summed E-state index contributed by atoms with van der Waals surface area (Å²) in [5.74, 6) is 0. The minimum Gasteiger partial charge on any atom is -0.391 e. The van der Waals surface area contributed by atoms with Crippen LogP contribution in [0.4, 0.5) is 0 Å². The number of piperazine rings is 1. The van der Waals surface area contributed by atoms with Gasteiger partial charge in [0.25, 0.3) is 0 Å². The van der Waals surface area contributed by atoms with E-state index in [2.05, 4.69) is 71.3 Å². The molecule has 0 amide bonds. The van der Waals surface area contributed by atoms with Crippen molar-refractivity contribution in [1.82, 2.24) is 9.80 Å². The standard InChI is InChI=1S/C24H34N2O3.ClH/c1-19-8-10-22(11-9-19)24(21-6-4-3-5-7-21)26-14-12-25(13-15-26)16-17-29-18-23(28)20(2)27;/h3-11,20,23-24,27-28H,12-18H2,1-2H3;1H. The highest BCUT2D eigenvalue weighted by Crippen LogP contribution is 2.29. The molecular weight excluding hydrogens is 400 g/mol. The number of ether oxygens (including phenoxy) is 1. The van der Waals surface area contributed by atoms with Gasteiger partial charge in [-0.15, -0.1) is 12.4 Å². The van der Waals surface area contributed by atoms with Gasteiger partial charge in [-0.1, -0.05) is 60.2 Å². The van der Waals surface area contributed by atoms with Crippen molar-refractivity contribution in [3.05, 3.63) is 71.3 Å². The average Bonchev–Trinajstić information content (AvgIpc) is 2.74. The van der Waals surface area contributed by atoms with E-state index in [4.69, 9.17) is 4.74 Å². The normalized spacial score (nSPS) is 18.4. The fraction of sp³-hybridized carbons (Fsp3) is 0.500. The number of aryl methyl sites for hydroxylation is 1. The van der Waals surface area contributed by atoms with E-state index in [0.29, 0.717) is 6.61 Å². The van der Waals surface area contributed by atoms with Gasteiger partial charge in [0.15, 0.2) is 0 Å². The first-order chi connectivity index (χ1) is 14.0. The second kappa shape index (κ2) is 12.4. The third-order valence-corrected chi connectivity index (χ3v) is 5.68. The summed E-state index contributed by atoms with van der Waals surface area (Å²) >= 11 is 0. The van der Waals surface area contributed by atoms with Crippen LogP contribution < -0.4 is 0 Å². The number of aliphatic hydroxyl groups excluding tert-OH is 2. The summed E-state index contributed by atoms with van der Waals surface area (Å²) in [5.41, 5.74) is 3.96. The monoisotopic (exact) mass is 434 g/mol. The Morgan fingerprint density at radius 3 is 2.10 bits per heavy atom. The van der Waals surface area contributed by atoms with Crippen LogP contribution in [0.1, 0.15) is 29.7 Å². The minimum absolute atomic E-state index is 0. The Morgan fingerprint density at radius 1 is 0.900 bits per heavy atom. The molecular formula is C24H35ClN2O3. The van der Waals surface area contributed by atoms with Crippen LogP contribution in [0.3, 0.4) is 0 Å². The molecule has 2 aromatic rings. The summed E-state index contributed by atoms with van der Waals surface area (Å²) in [4.78, 5) is 4.97. The summed E-state index contributed by atoms with van der Waals surface area (Å²) < 4.78 is 5.52. The number of rotatable bonds is 9. The van der Waals surface area contributed by atoms with Crippen LogP contribution in [0.25, 0.3) is 0 Å². The first-order valence-corrected chi connectivity index (χ1v) is 10.6. The van der Waals surface area contributed by atoms with E-state index in [1.807, 2.05) is 0 Å². The van der Waals surface area contributed by atoms with Crippen LogP contribution in [-0.2, 0) is 4.74 Å². The lowest BCUT2D eigenvalue weighted by molar-refractivity contribution is -0.0354. The van der Waals surface area contributed by atoms with Crippen molar-refractivity contribution in [1.29, 1.82) is 0 Å². The van der Waals surface area contributed by atoms with Gasteiger partial charge in [-0.25, -0.2) is 0 Å². The number of aliphatic hydroxyl groups is 2. The molecule has 6 heteroatoms. The molecule has 2 N–H and O–H groups in total. The molecule has 0 saturated carbocycles. The number of hydrogen-bond donors (Lipinski definition) is 2. The molecule has 0 aromatic heterocycles. The van der Waals surface area contributed by atoms with Gasteiger partial charge in [-0.05, 0) is 25.0 Å². The number of halogens is 1. The molecule has 2 aromatic carbocycles. The van der Waals surface area contributed by atoms with Gasteiger partial charge in [-0.3, -0.25) is 9.80 Å². The summed E-state index contributed by atoms with van der Waals surface area (Å²) in [6.45, 7) is 9.31. The fourth-order valence-electron chi connectivity index (χ4n) is 3.78. The Bertz CT molecular complexity index is 719. The van der Waals surface area contributed by atoms with E-state index in [9.17, 15) is 10.2 Å². The number of hydrogen-bond acceptors (Lipinski definition) is 5. The van der Waals surface area contributed by atoms with Gasteiger partial charge in [0.2, 0.25) is 0 Å². The van der Waals surface area contributed by atoms with Crippen LogP contribution in [0.2, 0.25) is 0 Å². The second-order valence-electron chi connectivity index (χ2n) is 7.98. The molecule has 0 aliphatic carbocycles. The molecule has 0 radical (unpaired) electrons. The van der Waals surface area contributed by atoms with Crippen molar-refractivity contribution >= 4 is 12.4 Å². The quantitative estimate of drug-likeness (QED) is 0.594. The smallest absolute Gasteiger partial charge is 0.103 e. The molecule has 1 saturated heterocycles. The van der Waals surface area contributed by atoms with E-state index in [1.54, 1.807) is 6.92 Å². The highest BCUT2D eigenvalue weighted by atomic mass is 35.5. The largest absolute Gasteiger partial charge is 0.391 e. The lowest BCUT2D eigenvalue weighted by Gasteiger charge is -2.39. The molecule has 3 atom stereocenters. The molecule has 5 nitrogen and oxygen atoms in total. The zero-order chi connectivity index (χ0) is 20.6. The van der Waals surface area contributed by atoms with Gasteiger partial charge in [0.05, 0.1) is 25.4 Å². The van der Waals surface area contributed by atoms with E-state index >= 15 is 0 Å². The van der Waals surface area contributed by atoms with E-state index in [-0.39, 0.29) is 25.1 Å². The number of benzene rings is 2. The molecule has 1 aliphatic heterocycles. The minimum atomic E-state index is -0.812. The van der Waals surface area contributed by atoms with Gasteiger partial charge in [-0.2, -0.15) is 0 Å². The first-order valence-electron chi connectivity index (χ1n) is 10.6. The lowest BCUT2D eigenvalue weighted by Crippen LogP contribution is -2.48. The fourth-order valence-corrected chi connectivity index (χ4v) is 3.78. The van der Waals surface area contributed by atoms with Gasteiger partial charge in [0.1, 0.15) is 6.10 Å². The van der Waals surface area contributed by atoms with Crippen molar-refractivity contribution in [2.75, 3.05) is 45.9 Å². The Hall–Kier alpha value is -1.47. The maximum atomic E-state index is 9.60. The highest BCUT2D eigenvalue weighted by molar-refractivity contribution is 5.85. The van der Waals surface area contributed by atoms with Crippen LogP contribution in [0.15, 0.2) is 54.6 Å². The maximum absolute atomic E-state index is 9.60. The molecule has 1 fully saturated rings. The van der Waals surface area contributed by atoms with Crippen molar-refractivity contribution < 1.29 is 14.9 Å². The topological polar surface area (TPSA) is 56.2 Å². The van der Waals surface area contributed by atoms with Gasteiger partial charge < -0.3 is 14.9 Å². The summed E-state index contributed by atoms with van der Waals surface area (Å²) in [6.07, 6.45) is -1.57. The van der Waals surface area contributed by atoms with Crippen LogP contribution in [0, 0.1) is 6.92 Å². The third kappa shape index (κ3) is 7.05. The molecule has 0 bridgehead atoms. The van der Waals surface area contributed by atoms with Crippen molar-refractivity contribution in [2.45, 2.75) is 32.1 Å². The second-order valence-corrected chi connectivity index (χ2v) is 7.98. The van der Waals surface area contributed by atoms with E-state index in [1.165, 1.54) is 16.7 Å². The molecule has 3 rings (SSSR count). The predicted molar refractivity (Wildman–Crippen MR) is 123 cm³/mol. The van der Waals surface area contributed by atoms with Crippen molar-refractivity contribution in [3.63, 3.8) is 0 Å². The van der Waals surface area contributed by atoms with Crippen molar-refractivity contribution in [2.24, 2.45) is 0 Å². The molecule has 30 heavy (non-hydrogen) atoms. The molecule has 1 aliphatic rings. The maximum Gasteiger partial charge on any atom is 0.103 e. The molecule has 0 spiro atoms. The summed E-state index contributed by atoms with van der Waals surface area (Å²) in [5, 5.41) is 18.9. The van der Waals surface area contributed by atoms with E-state index in [0.717, 1.165) is 32.7 Å². The van der Waals surface area contributed by atoms with Crippen LogP contribution >= 0.6 is 12.4 Å². The number of nitrogens with zero attached hydrogens (tertiary/aromatic N) is 2. The highest BCUT2D eigenvalue weighted by Gasteiger charge is 2.26. The SMILES string of the molecule is Cc1ccc(C(c2ccccc2)N2CCN(CCOCC(O)C(C)O)CC2)cc1.Cl.